The Morgan fingerprint density at radius 2 is 1.90 bits per heavy atom. The van der Waals surface area contributed by atoms with E-state index in [2.05, 4.69) is 0 Å². The van der Waals surface area contributed by atoms with Gasteiger partial charge in [0.05, 0.1) is 18.1 Å². The van der Waals surface area contributed by atoms with E-state index in [4.69, 9.17) is 5.11 Å². The van der Waals surface area contributed by atoms with Gasteiger partial charge in [-0.05, 0) is 38.6 Å². The van der Waals surface area contributed by atoms with Crippen molar-refractivity contribution in [3.8, 4) is 0 Å². The summed E-state index contributed by atoms with van der Waals surface area (Å²) in [7, 11) is 0. The van der Waals surface area contributed by atoms with Crippen molar-refractivity contribution in [2.45, 2.75) is 50.8 Å². The molecule has 1 aliphatic rings. The van der Waals surface area contributed by atoms with Gasteiger partial charge < -0.3 is 10.2 Å². The Hall–Kier alpha value is -0.820. The van der Waals surface area contributed by atoms with Crippen molar-refractivity contribution in [2.24, 2.45) is 5.92 Å². The number of halogens is 3. The molecular weight excluding hydrogens is 275 g/mol. The second-order valence-electron chi connectivity index (χ2n) is 5.66. The molecule has 0 heterocycles. The van der Waals surface area contributed by atoms with Crippen molar-refractivity contribution in [1.29, 1.82) is 0 Å². The molecule has 0 aromatic rings. The molecule has 0 atom stereocenters. The second-order valence-corrected chi connectivity index (χ2v) is 5.66. The standard InChI is InChI=1S/C13H22F3NO3/c1-2-7-17(9-13(14,15)16)8-12(20)5-3-10(4-6-12)11(18)19/h10,20H,2-9H2,1H3,(H,18,19). The second kappa shape index (κ2) is 6.76. The van der Waals surface area contributed by atoms with Gasteiger partial charge in [0.1, 0.15) is 0 Å². The summed E-state index contributed by atoms with van der Waals surface area (Å²) in [5.41, 5.74) is -1.20. The van der Waals surface area contributed by atoms with Crippen molar-refractivity contribution in [1.82, 2.24) is 4.90 Å². The van der Waals surface area contributed by atoms with Crippen LogP contribution in [0.1, 0.15) is 39.0 Å². The smallest absolute Gasteiger partial charge is 0.401 e. The Morgan fingerprint density at radius 3 is 2.30 bits per heavy atom. The molecule has 7 heteroatoms. The van der Waals surface area contributed by atoms with Crippen LogP contribution in [-0.2, 0) is 4.79 Å². The molecule has 0 aliphatic heterocycles. The fourth-order valence-electron chi connectivity index (χ4n) is 2.76. The van der Waals surface area contributed by atoms with Gasteiger partial charge in [-0.25, -0.2) is 0 Å². The van der Waals surface area contributed by atoms with Crippen LogP contribution in [0.15, 0.2) is 0 Å². The maximum atomic E-state index is 12.5. The zero-order valence-corrected chi connectivity index (χ0v) is 11.6. The summed E-state index contributed by atoms with van der Waals surface area (Å²) in [6.45, 7) is 0.969. The molecule has 0 aromatic carbocycles. The SMILES string of the molecule is CCCN(CC(F)(F)F)CC1(O)CCC(C(=O)O)CC1. The number of alkyl halides is 3. The molecule has 0 unspecified atom stereocenters. The van der Waals surface area contributed by atoms with Crippen LogP contribution < -0.4 is 0 Å². The summed E-state index contributed by atoms with van der Waals surface area (Å²) >= 11 is 0. The summed E-state index contributed by atoms with van der Waals surface area (Å²) < 4.78 is 37.4. The molecule has 1 fully saturated rings. The molecule has 20 heavy (non-hydrogen) atoms. The van der Waals surface area contributed by atoms with E-state index in [1.54, 1.807) is 6.92 Å². The van der Waals surface area contributed by atoms with Crippen LogP contribution in [0.25, 0.3) is 0 Å². The summed E-state index contributed by atoms with van der Waals surface area (Å²) in [6.07, 6.45) is -2.60. The van der Waals surface area contributed by atoms with Gasteiger partial charge in [-0.15, -0.1) is 0 Å². The minimum Gasteiger partial charge on any atom is -0.481 e. The van der Waals surface area contributed by atoms with E-state index in [0.717, 1.165) is 0 Å². The first kappa shape index (κ1) is 17.2. The van der Waals surface area contributed by atoms with Crippen molar-refractivity contribution in [2.75, 3.05) is 19.6 Å². The van der Waals surface area contributed by atoms with Gasteiger partial charge in [-0.1, -0.05) is 6.92 Å². The highest BCUT2D eigenvalue weighted by Crippen LogP contribution is 2.33. The van der Waals surface area contributed by atoms with Crippen LogP contribution in [0.5, 0.6) is 0 Å². The highest BCUT2D eigenvalue weighted by atomic mass is 19.4. The average molecular weight is 297 g/mol. The normalized spacial score (nSPS) is 27.8. The predicted molar refractivity (Wildman–Crippen MR) is 67.3 cm³/mol. The largest absolute Gasteiger partial charge is 0.481 e. The summed E-state index contributed by atoms with van der Waals surface area (Å²) in [4.78, 5) is 12.0. The molecule has 1 saturated carbocycles. The lowest BCUT2D eigenvalue weighted by molar-refractivity contribution is -0.156. The lowest BCUT2D eigenvalue weighted by atomic mass is 9.78. The molecule has 0 aromatic heterocycles. The van der Waals surface area contributed by atoms with Gasteiger partial charge in [0.25, 0.3) is 0 Å². The van der Waals surface area contributed by atoms with Crippen LogP contribution in [-0.4, -0.2) is 52.5 Å². The Morgan fingerprint density at radius 1 is 1.35 bits per heavy atom. The van der Waals surface area contributed by atoms with Gasteiger partial charge in [-0.2, -0.15) is 13.2 Å². The molecule has 0 saturated heterocycles. The zero-order valence-electron chi connectivity index (χ0n) is 11.6. The minimum absolute atomic E-state index is 0.0489. The molecule has 4 nitrogen and oxygen atoms in total. The number of carboxylic acids is 1. The van der Waals surface area contributed by atoms with Crippen LogP contribution in [0.3, 0.4) is 0 Å². The quantitative estimate of drug-likeness (QED) is 0.789. The van der Waals surface area contributed by atoms with Gasteiger partial charge >= 0.3 is 12.1 Å². The highest BCUT2D eigenvalue weighted by molar-refractivity contribution is 5.70. The van der Waals surface area contributed by atoms with Crippen LogP contribution in [0.2, 0.25) is 0 Å². The van der Waals surface area contributed by atoms with E-state index in [1.807, 2.05) is 0 Å². The molecule has 1 aliphatic carbocycles. The molecule has 2 N–H and O–H groups in total. The van der Waals surface area contributed by atoms with E-state index in [1.165, 1.54) is 4.90 Å². The van der Waals surface area contributed by atoms with E-state index >= 15 is 0 Å². The molecule has 0 amide bonds. The molecular formula is C13H22F3NO3. The number of aliphatic hydroxyl groups is 1. The third kappa shape index (κ3) is 5.66. The lowest BCUT2D eigenvalue weighted by Crippen LogP contribution is -2.48. The van der Waals surface area contributed by atoms with Crippen molar-refractivity contribution >= 4 is 5.97 Å². The highest BCUT2D eigenvalue weighted by Gasteiger charge is 2.39. The Labute approximate surface area is 116 Å². The van der Waals surface area contributed by atoms with Gasteiger partial charge in [0, 0.05) is 6.54 Å². The van der Waals surface area contributed by atoms with Crippen molar-refractivity contribution < 1.29 is 28.2 Å². The van der Waals surface area contributed by atoms with Crippen molar-refractivity contribution in [3.63, 3.8) is 0 Å². The van der Waals surface area contributed by atoms with E-state index in [-0.39, 0.29) is 25.9 Å². The monoisotopic (exact) mass is 297 g/mol. The summed E-state index contributed by atoms with van der Waals surface area (Å²) in [5, 5.41) is 19.2. The molecule has 118 valence electrons. The number of carbonyl (C=O) groups is 1. The first-order valence-electron chi connectivity index (χ1n) is 6.89. The van der Waals surface area contributed by atoms with Gasteiger partial charge in [0.2, 0.25) is 0 Å². The van der Waals surface area contributed by atoms with E-state index in [0.29, 0.717) is 19.3 Å². The van der Waals surface area contributed by atoms with Crippen LogP contribution in [0.4, 0.5) is 13.2 Å². The number of hydrogen-bond donors (Lipinski definition) is 2. The maximum Gasteiger partial charge on any atom is 0.401 e. The number of aliphatic carboxylic acids is 1. The predicted octanol–water partition coefficient (Wildman–Crippen LogP) is 2.27. The number of hydrogen-bond acceptors (Lipinski definition) is 3. The topological polar surface area (TPSA) is 60.8 Å². The van der Waals surface area contributed by atoms with Crippen molar-refractivity contribution in [3.05, 3.63) is 0 Å². The lowest BCUT2D eigenvalue weighted by Gasteiger charge is -2.38. The summed E-state index contributed by atoms with van der Waals surface area (Å²) in [6, 6.07) is 0. The maximum absolute atomic E-state index is 12.5. The summed E-state index contributed by atoms with van der Waals surface area (Å²) in [5.74, 6) is -1.38. The average Bonchev–Trinajstić information content (AvgIpc) is 2.26. The van der Waals surface area contributed by atoms with Crippen LogP contribution >= 0.6 is 0 Å². The number of carboxylic acid groups (broad SMARTS) is 1. The fourth-order valence-corrected chi connectivity index (χ4v) is 2.76. The van der Waals surface area contributed by atoms with Crippen LogP contribution in [0, 0.1) is 5.92 Å². The Bertz CT molecular complexity index is 325. The minimum atomic E-state index is -4.29. The number of rotatable bonds is 6. The molecule has 1 rings (SSSR count). The third-order valence-electron chi connectivity index (χ3n) is 3.73. The van der Waals surface area contributed by atoms with Gasteiger partial charge in [0.15, 0.2) is 0 Å². The molecule has 0 spiro atoms. The van der Waals surface area contributed by atoms with E-state index < -0.39 is 30.2 Å². The Balaban J connectivity index is 2.57. The number of nitrogens with zero attached hydrogens (tertiary/aromatic N) is 1. The fraction of sp³-hybridized carbons (Fsp3) is 0.923. The molecule has 0 radical (unpaired) electrons. The third-order valence-corrected chi connectivity index (χ3v) is 3.73. The zero-order chi connectivity index (χ0) is 15.4. The first-order valence-corrected chi connectivity index (χ1v) is 6.89. The van der Waals surface area contributed by atoms with E-state index in [9.17, 15) is 23.1 Å². The Kier molecular flexibility index (Phi) is 5.82. The van der Waals surface area contributed by atoms with Gasteiger partial charge in [-0.3, -0.25) is 9.69 Å². The molecule has 0 bridgehead atoms. The first-order chi connectivity index (χ1) is 9.15.